The van der Waals surface area contributed by atoms with Crippen LogP contribution in [-0.2, 0) is 15.4 Å². The molecule has 38 heavy (non-hydrogen) atoms. The molecule has 6 heteroatoms. The van der Waals surface area contributed by atoms with E-state index in [0.717, 1.165) is 29.7 Å². The van der Waals surface area contributed by atoms with Gasteiger partial charge in [-0.15, -0.1) is 0 Å². The van der Waals surface area contributed by atoms with Crippen molar-refractivity contribution < 1.29 is 18.3 Å². The van der Waals surface area contributed by atoms with Gasteiger partial charge in [0.15, 0.2) is 9.84 Å². The van der Waals surface area contributed by atoms with Gasteiger partial charge in [-0.2, -0.15) is 0 Å². The highest BCUT2D eigenvalue weighted by Crippen LogP contribution is 2.46. The van der Waals surface area contributed by atoms with Crippen molar-refractivity contribution in [3.8, 4) is 5.75 Å². The molecule has 1 fully saturated rings. The first-order chi connectivity index (χ1) is 18.5. The molecule has 0 saturated carbocycles. The summed E-state index contributed by atoms with van der Waals surface area (Å²) in [5.74, 6) is 0.236. The average Bonchev–Trinajstić information content (AvgIpc) is 3.46. The van der Waals surface area contributed by atoms with E-state index in [2.05, 4.69) is 41.3 Å². The molecule has 5 nitrogen and oxygen atoms in total. The third-order valence-electron chi connectivity index (χ3n) is 7.56. The number of rotatable bonds is 9. The average molecular weight is 528 g/mol. The van der Waals surface area contributed by atoms with Crippen LogP contribution >= 0.6 is 0 Å². The molecule has 0 bridgehead atoms. The van der Waals surface area contributed by atoms with Crippen LogP contribution in [0.2, 0.25) is 0 Å². The van der Waals surface area contributed by atoms with Crippen molar-refractivity contribution in [3.05, 3.63) is 132 Å². The monoisotopic (exact) mass is 527 g/mol. The molecule has 1 aliphatic heterocycles. The lowest BCUT2D eigenvalue weighted by Crippen LogP contribution is -2.54. The SMILES string of the molecule is COc1ccc(S(=O)(=O)C[C@H](O)[C@H]2CCCN2C(c2ccccc2)(c2ccccc2)c2ccccc2)cc1. The smallest absolute Gasteiger partial charge is 0.180 e. The lowest BCUT2D eigenvalue weighted by Gasteiger charge is -2.47. The molecule has 0 radical (unpaired) electrons. The fourth-order valence-corrected chi connectivity index (χ4v) is 7.27. The molecule has 196 valence electrons. The zero-order valence-electron chi connectivity index (χ0n) is 21.5. The molecule has 0 aliphatic carbocycles. The van der Waals surface area contributed by atoms with Crippen molar-refractivity contribution in [2.24, 2.45) is 0 Å². The maximum Gasteiger partial charge on any atom is 0.180 e. The van der Waals surface area contributed by atoms with E-state index in [4.69, 9.17) is 4.74 Å². The molecule has 0 amide bonds. The minimum atomic E-state index is -3.72. The first-order valence-electron chi connectivity index (χ1n) is 12.9. The van der Waals surface area contributed by atoms with Crippen molar-refractivity contribution in [2.45, 2.75) is 35.4 Å². The van der Waals surface area contributed by atoms with Gasteiger partial charge >= 0.3 is 0 Å². The second-order valence-electron chi connectivity index (χ2n) is 9.74. The Kier molecular flexibility index (Phi) is 7.65. The third kappa shape index (κ3) is 4.87. The van der Waals surface area contributed by atoms with E-state index >= 15 is 0 Å². The number of hydrogen-bond donors (Lipinski definition) is 1. The molecular formula is C32H33NO4S. The summed E-state index contributed by atoms with van der Waals surface area (Å²) in [6, 6.07) is 36.9. The summed E-state index contributed by atoms with van der Waals surface area (Å²) in [4.78, 5) is 2.50. The second-order valence-corrected chi connectivity index (χ2v) is 11.8. The minimum Gasteiger partial charge on any atom is -0.497 e. The van der Waals surface area contributed by atoms with Crippen molar-refractivity contribution >= 4 is 9.84 Å². The number of sulfone groups is 1. The highest BCUT2D eigenvalue weighted by molar-refractivity contribution is 7.91. The summed E-state index contributed by atoms with van der Waals surface area (Å²) in [5.41, 5.74) is 2.54. The summed E-state index contributed by atoms with van der Waals surface area (Å²) >= 11 is 0. The van der Waals surface area contributed by atoms with Crippen molar-refractivity contribution in [3.63, 3.8) is 0 Å². The number of nitrogens with zero attached hydrogens (tertiary/aromatic N) is 1. The summed E-state index contributed by atoms with van der Waals surface area (Å²) in [7, 11) is -2.17. The lowest BCUT2D eigenvalue weighted by molar-refractivity contribution is 0.0451. The summed E-state index contributed by atoms with van der Waals surface area (Å²) in [5, 5.41) is 11.6. The maximum atomic E-state index is 13.3. The van der Waals surface area contributed by atoms with Crippen molar-refractivity contribution in [1.29, 1.82) is 0 Å². The number of hydrogen-bond acceptors (Lipinski definition) is 5. The number of aliphatic hydroxyl groups excluding tert-OH is 1. The third-order valence-corrected chi connectivity index (χ3v) is 9.33. The highest BCUT2D eigenvalue weighted by atomic mass is 32.2. The van der Waals surface area contributed by atoms with Crippen LogP contribution in [0.5, 0.6) is 5.75 Å². The van der Waals surface area contributed by atoms with Crippen LogP contribution in [0.15, 0.2) is 120 Å². The summed E-state index contributed by atoms with van der Waals surface area (Å²) < 4.78 is 31.9. The van der Waals surface area contributed by atoms with Gasteiger partial charge in [-0.05, 0) is 53.8 Å². The predicted molar refractivity (Wildman–Crippen MR) is 150 cm³/mol. The van der Waals surface area contributed by atoms with Gasteiger partial charge < -0.3 is 9.84 Å². The van der Waals surface area contributed by atoms with E-state index in [-0.39, 0.29) is 16.7 Å². The van der Waals surface area contributed by atoms with Crippen LogP contribution in [0.1, 0.15) is 29.5 Å². The number of methoxy groups -OCH3 is 1. The van der Waals surface area contributed by atoms with Crippen LogP contribution in [0.3, 0.4) is 0 Å². The van der Waals surface area contributed by atoms with E-state index in [1.165, 1.54) is 12.1 Å². The Bertz CT molecular complexity index is 1330. The van der Waals surface area contributed by atoms with Gasteiger partial charge in [-0.25, -0.2) is 8.42 Å². The van der Waals surface area contributed by atoms with Crippen molar-refractivity contribution in [2.75, 3.05) is 19.4 Å². The Morgan fingerprint density at radius 3 is 1.74 bits per heavy atom. The molecule has 5 rings (SSSR count). The Morgan fingerprint density at radius 2 is 1.29 bits per heavy atom. The Morgan fingerprint density at radius 1 is 0.816 bits per heavy atom. The van der Waals surface area contributed by atoms with Gasteiger partial charge in [0.25, 0.3) is 0 Å². The lowest BCUT2D eigenvalue weighted by atomic mass is 9.75. The van der Waals surface area contributed by atoms with E-state index in [1.54, 1.807) is 19.2 Å². The van der Waals surface area contributed by atoms with Gasteiger partial charge in [0.05, 0.1) is 29.4 Å². The summed E-state index contributed by atoms with van der Waals surface area (Å²) in [6.07, 6.45) is 0.492. The highest BCUT2D eigenvalue weighted by Gasteiger charge is 2.49. The summed E-state index contributed by atoms with van der Waals surface area (Å²) in [6.45, 7) is 0.725. The van der Waals surface area contributed by atoms with Crippen LogP contribution in [0.25, 0.3) is 0 Å². The normalized spacial score (nSPS) is 17.3. The Hall–Kier alpha value is -3.45. The molecule has 1 heterocycles. The molecule has 0 aromatic heterocycles. The number of ether oxygens (including phenoxy) is 1. The Labute approximate surface area is 225 Å². The van der Waals surface area contributed by atoms with Crippen molar-refractivity contribution in [1.82, 2.24) is 4.90 Å². The molecule has 1 N–H and O–H groups in total. The van der Waals surface area contributed by atoms with Crippen LogP contribution in [0, 0.1) is 0 Å². The van der Waals surface area contributed by atoms with Crippen LogP contribution in [0.4, 0.5) is 0 Å². The van der Waals surface area contributed by atoms with E-state index in [0.29, 0.717) is 12.2 Å². The molecule has 0 unspecified atom stereocenters. The van der Waals surface area contributed by atoms with Crippen LogP contribution < -0.4 is 4.74 Å². The number of benzene rings is 4. The number of aliphatic hydroxyl groups is 1. The zero-order valence-corrected chi connectivity index (χ0v) is 22.3. The first-order valence-corrected chi connectivity index (χ1v) is 14.6. The predicted octanol–water partition coefficient (Wildman–Crippen LogP) is 5.29. The minimum absolute atomic E-state index is 0.183. The second kappa shape index (κ2) is 11.1. The molecule has 4 aromatic carbocycles. The fraction of sp³-hybridized carbons (Fsp3) is 0.250. The van der Waals surface area contributed by atoms with Crippen LogP contribution in [-0.4, -0.2) is 50.0 Å². The van der Waals surface area contributed by atoms with Gasteiger partial charge in [0.1, 0.15) is 5.75 Å². The molecule has 0 spiro atoms. The first kappa shape index (κ1) is 26.2. The molecular weight excluding hydrogens is 494 g/mol. The maximum absolute atomic E-state index is 13.3. The van der Waals surface area contributed by atoms with E-state index in [1.807, 2.05) is 54.6 Å². The topological polar surface area (TPSA) is 66.8 Å². The quantitative estimate of drug-likeness (QED) is 0.300. The largest absolute Gasteiger partial charge is 0.497 e. The van der Waals surface area contributed by atoms with Gasteiger partial charge in [0, 0.05) is 12.6 Å². The zero-order chi connectivity index (χ0) is 26.6. The molecule has 1 saturated heterocycles. The van der Waals surface area contributed by atoms with Gasteiger partial charge in [-0.3, -0.25) is 4.90 Å². The Balaban J connectivity index is 1.59. The van der Waals surface area contributed by atoms with Gasteiger partial charge in [-0.1, -0.05) is 91.0 Å². The standard InChI is InChI=1S/C32H33NO4S/c1-37-28-19-21-29(22-20-28)38(35,36)24-31(34)30-18-11-23-33(30)32(25-12-5-2-6-13-25,26-14-7-3-8-15-26)27-16-9-4-10-17-27/h2-10,12-17,19-22,30-31,34H,11,18,23-24H2,1H3/t30-,31+/m1/s1. The fourth-order valence-electron chi connectivity index (χ4n) is 5.86. The van der Waals surface area contributed by atoms with E-state index in [9.17, 15) is 13.5 Å². The molecule has 2 atom stereocenters. The van der Waals surface area contributed by atoms with E-state index < -0.39 is 21.5 Å². The van der Waals surface area contributed by atoms with Gasteiger partial charge in [0.2, 0.25) is 0 Å². The molecule has 4 aromatic rings. The number of likely N-dealkylation sites (tertiary alicyclic amines) is 1. The molecule has 1 aliphatic rings.